The van der Waals surface area contributed by atoms with Crippen molar-refractivity contribution in [1.82, 2.24) is 0 Å². The SMILES string of the molecule is COC[P+](c1ccccc1)(c1ccccc1)c1ccccc1.P. The van der Waals surface area contributed by atoms with E-state index in [1.807, 2.05) is 0 Å². The summed E-state index contributed by atoms with van der Waals surface area (Å²) in [5.41, 5.74) is 0. The second-order valence-corrected chi connectivity index (χ2v) is 8.66. The molecule has 1 nitrogen and oxygen atoms in total. The number of hydrogen-bond donors (Lipinski definition) is 0. The summed E-state index contributed by atoms with van der Waals surface area (Å²) in [6, 6.07) is 32.3. The van der Waals surface area contributed by atoms with Crippen LogP contribution in [0.3, 0.4) is 0 Å². The second-order valence-electron chi connectivity index (χ2n) is 5.23. The summed E-state index contributed by atoms with van der Waals surface area (Å²) in [6.45, 7) is 0. The molecule has 0 aliphatic rings. The van der Waals surface area contributed by atoms with Crippen LogP contribution in [0.15, 0.2) is 91.0 Å². The topological polar surface area (TPSA) is 9.23 Å². The Kier molecular flexibility index (Phi) is 6.48. The van der Waals surface area contributed by atoms with Crippen LogP contribution < -0.4 is 15.9 Å². The first-order valence-corrected chi connectivity index (χ1v) is 9.39. The Morgan fingerprint density at radius 3 is 1.17 bits per heavy atom. The van der Waals surface area contributed by atoms with Gasteiger partial charge in [0.2, 0.25) is 0 Å². The van der Waals surface area contributed by atoms with Gasteiger partial charge in [-0.2, -0.15) is 9.90 Å². The highest BCUT2D eigenvalue weighted by Gasteiger charge is 2.45. The van der Waals surface area contributed by atoms with E-state index in [0.717, 1.165) is 0 Å². The van der Waals surface area contributed by atoms with Gasteiger partial charge in [-0.1, -0.05) is 54.6 Å². The van der Waals surface area contributed by atoms with Crippen molar-refractivity contribution in [3.05, 3.63) is 91.0 Å². The molecule has 0 N–H and O–H groups in total. The molecule has 0 fully saturated rings. The van der Waals surface area contributed by atoms with Crippen LogP contribution >= 0.6 is 17.2 Å². The average molecular weight is 341 g/mol. The van der Waals surface area contributed by atoms with Gasteiger partial charge in [-0.15, -0.1) is 0 Å². The van der Waals surface area contributed by atoms with Crippen LogP contribution in [-0.2, 0) is 4.74 Å². The minimum Gasteiger partial charge on any atom is -0.348 e. The maximum Gasteiger partial charge on any atom is 0.170 e. The summed E-state index contributed by atoms with van der Waals surface area (Å²) < 4.78 is 5.72. The number of benzene rings is 3. The molecule has 0 saturated heterocycles. The summed E-state index contributed by atoms with van der Waals surface area (Å²) in [5.74, 6) is 0. The van der Waals surface area contributed by atoms with Gasteiger partial charge >= 0.3 is 0 Å². The minimum absolute atomic E-state index is 0. The van der Waals surface area contributed by atoms with Gasteiger partial charge < -0.3 is 4.74 Å². The quantitative estimate of drug-likeness (QED) is 0.644. The lowest BCUT2D eigenvalue weighted by atomic mass is 10.4. The van der Waals surface area contributed by atoms with Crippen LogP contribution in [0.4, 0.5) is 0 Å². The monoisotopic (exact) mass is 341 g/mol. The Morgan fingerprint density at radius 1 is 0.609 bits per heavy atom. The Bertz CT molecular complexity index is 603. The predicted octanol–water partition coefficient (Wildman–Crippen LogP) is 3.64. The van der Waals surface area contributed by atoms with Crippen molar-refractivity contribution >= 4 is 33.1 Å². The molecule has 3 aromatic rings. The van der Waals surface area contributed by atoms with Crippen LogP contribution in [0.25, 0.3) is 0 Å². The second kappa shape index (κ2) is 8.37. The molecule has 0 aromatic heterocycles. The third-order valence-corrected chi connectivity index (χ3v) is 8.10. The van der Waals surface area contributed by atoms with E-state index >= 15 is 0 Å². The van der Waals surface area contributed by atoms with Gasteiger partial charge in [0, 0.05) is 7.11 Å². The molecular formula is C20H23OP2+. The molecule has 0 aliphatic carbocycles. The Balaban J connectivity index is 0.00000192. The van der Waals surface area contributed by atoms with Crippen molar-refractivity contribution < 1.29 is 4.74 Å². The number of ether oxygens (including phenoxy) is 1. The summed E-state index contributed by atoms with van der Waals surface area (Å²) in [7, 11) is 0.0197. The molecule has 1 atom stereocenters. The zero-order valence-electron chi connectivity index (χ0n) is 13.4. The molecule has 0 radical (unpaired) electrons. The highest BCUT2D eigenvalue weighted by atomic mass is 31.2. The van der Waals surface area contributed by atoms with Gasteiger partial charge in [0.05, 0.1) is 0 Å². The lowest BCUT2D eigenvalue weighted by molar-refractivity contribution is 0.255. The van der Waals surface area contributed by atoms with Crippen LogP contribution in [0.5, 0.6) is 0 Å². The summed E-state index contributed by atoms with van der Waals surface area (Å²) >= 11 is 0. The fourth-order valence-electron chi connectivity index (χ4n) is 2.91. The zero-order valence-corrected chi connectivity index (χ0v) is 15.7. The standard InChI is InChI=1S/C20H20OP.H3P/c1-21-17-22(18-11-5-2-6-12-18,19-13-7-3-8-14-19)20-15-9-4-10-16-20;/h2-16H,17H2,1H3;1H3/q+1;. The van der Waals surface area contributed by atoms with Crippen LogP contribution in [0, 0.1) is 0 Å². The van der Waals surface area contributed by atoms with E-state index in [2.05, 4.69) is 91.0 Å². The van der Waals surface area contributed by atoms with E-state index < -0.39 is 7.26 Å². The maximum atomic E-state index is 5.72. The molecule has 0 amide bonds. The van der Waals surface area contributed by atoms with E-state index in [0.29, 0.717) is 6.35 Å². The van der Waals surface area contributed by atoms with E-state index in [-0.39, 0.29) is 9.90 Å². The Labute approximate surface area is 142 Å². The molecule has 3 heteroatoms. The Hall–Kier alpha value is -1.52. The highest BCUT2D eigenvalue weighted by molar-refractivity contribution is 7.95. The van der Waals surface area contributed by atoms with Crippen LogP contribution in [-0.4, -0.2) is 13.5 Å². The van der Waals surface area contributed by atoms with E-state index in [1.165, 1.54) is 15.9 Å². The average Bonchev–Trinajstić information content (AvgIpc) is 2.62. The molecule has 118 valence electrons. The number of hydrogen-bond acceptors (Lipinski definition) is 1. The van der Waals surface area contributed by atoms with Gasteiger partial charge in [-0.3, -0.25) is 0 Å². The van der Waals surface area contributed by atoms with Gasteiger partial charge in [0.1, 0.15) is 23.2 Å². The molecule has 0 bridgehead atoms. The lowest BCUT2D eigenvalue weighted by Gasteiger charge is -2.26. The van der Waals surface area contributed by atoms with Crippen molar-refractivity contribution in [2.24, 2.45) is 0 Å². The van der Waals surface area contributed by atoms with Crippen molar-refractivity contribution in [3.8, 4) is 0 Å². The van der Waals surface area contributed by atoms with E-state index in [4.69, 9.17) is 4.74 Å². The molecule has 3 rings (SSSR count). The molecular weight excluding hydrogens is 318 g/mol. The Morgan fingerprint density at radius 2 is 0.913 bits per heavy atom. The number of rotatable bonds is 5. The smallest absolute Gasteiger partial charge is 0.170 e. The minimum atomic E-state index is -1.78. The van der Waals surface area contributed by atoms with Crippen molar-refractivity contribution in [2.75, 3.05) is 13.5 Å². The summed E-state index contributed by atoms with van der Waals surface area (Å²) in [5, 5.41) is 4.07. The van der Waals surface area contributed by atoms with Crippen molar-refractivity contribution in [1.29, 1.82) is 0 Å². The van der Waals surface area contributed by atoms with E-state index in [9.17, 15) is 0 Å². The zero-order chi connectivity index (χ0) is 15.3. The van der Waals surface area contributed by atoms with Gasteiger partial charge in [-0.05, 0) is 36.4 Å². The van der Waals surface area contributed by atoms with Crippen LogP contribution in [0.2, 0.25) is 0 Å². The lowest BCUT2D eigenvalue weighted by Crippen LogP contribution is -2.33. The molecule has 0 spiro atoms. The van der Waals surface area contributed by atoms with E-state index in [1.54, 1.807) is 7.11 Å². The predicted molar refractivity (Wildman–Crippen MR) is 108 cm³/mol. The van der Waals surface area contributed by atoms with Gasteiger partial charge in [0.15, 0.2) is 6.35 Å². The molecule has 3 aromatic carbocycles. The molecule has 0 aliphatic heterocycles. The fraction of sp³-hybridized carbons (Fsp3) is 0.100. The first kappa shape index (κ1) is 17.8. The summed E-state index contributed by atoms with van der Waals surface area (Å²) in [4.78, 5) is 0. The summed E-state index contributed by atoms with van der Waals surface area (Å²) in [6.07, 6.45) is 0.713. The first-order chi connectivity index (χ1) is 10.9. The van der Waals surface area contributed by atoms with Crippen molar-refractivity contribution in [2.45, 2.75) is 0 Å². The first-order valence-electron chi connectivity index (χ1n) is 7.42. The highest BCUT2D eigenvalue weighted by Crippen LogP contribution is 2.54. The third kappa shape index (κ3) is 3.54. The van der Waals surface area contributed by atoms with Gasteiger partial charge in [0.25, 0.3) is 0 Å². The maximum absolute atomic E-state index is 5.72. The molecule has 1 unspecified atom stereocenters. The van der Waals surface area contributed by atoms with Crippen molar-refractivity contribution in [3.63, 3.8) is 0 Å². The largest absolute Gasteiger partial charge is 0.348 e. The normalized spacial score (nSPS) is 10.8. The molecule has 23 heavy (non-hydrogen) atoms. The molecule has 0 heterocycles. The molecule has 0 saturated carbocycles. The fourth-order valence-corrected chi connectivity index (χ4v) is 6.68. The van der Waals surface area contributed by atoms with Crippen LogP contribution in [0.1, 0.15) is 0 Å². The van der Waals surface area contributed by atoms with Gasteiger partial charge in [-0.25, -0.2) is 0 Å². The third-order valence-electron chi connectivity index (χ3n) is 3.91. The number of methoxy groups -OCH3 is 1.